The number of nitrogens with zero attached hydrogens (tertiary/aromatic N) is 1. The summed E-state index contributed by atoms with van der Waals surface area (Å²) in [4.78, 5) is 24.9. The van der Waals surface area contributed by atoms with Crippen LogP contribution >= 0.6 is 11.6 Å². The lowest BCUT2D eigenvalue weighted by Gasteiger charge is -2.07. The van der Waals surface area contributed by atoms with Crippen molar-refractivity contribution in [1.82, 2.24) is 9.55 Å². The van der Waals surface area contributed by atoms with Crippen molar-refractivity contribution in [3.63, 3.8) is 0 Å². The highest BCUT2D eigenvalue weighted by Gasteiger charge is 2.08. The molecule has 1 N–H and O–H groups in total. The lowest BCUT2D eigenvalue weighted by atomic mass is 10.2. The van der Waals surface area contributed by atoms with Crippen LogP contribution in [0.2, 0.25) is 5.02 Å². The van der Waals surface area contributed by atoms with Crippen LogP contribution in [0.25, 0.3) is 0 Å². The van der Waals surface area contributed by atoms with Gasteiger partial charge in [-0.15, -0.1) is 0 Å². The van der Waals surface area contributed by atoms with Crippen LogP contribution in [0.4, 0.5) is 4.39 Å². The molecule has 0 bridgehead atoms. The number of halogens is 2. The van der Waals surface area contributed by atoms with E-state index in [4.69, 9.17) is 11.6 Å². The van der Waals surface area contributed by atoms with Gasteiger partial charge in [0.05, 0.1) is 11.6 Å². The molecule has 0 spiro atoms. The number of H-pyrrole nitrogens is 1. The first-order valence-corrected chi connectivity index (χ1v) is 5.60. The molecular weight excluding hydrogens is 259 g/mol. The van der Waals surface area contributed by atoms with Crippen LogP contribution in [0.3, 0.4) is 0 Å². The number of benzene rings is 1. The van der Waals surface area contributed by atoms with Crippen LogP contribution in [0.1, 0.15) is 11.1 Å². The van der Waals surface area contributed by atoms with E-state index in [1.165, 1.54) is 22.9 Å². The second-order valence-corrected chi connectivity index (χ2v) is 4.32. The van der Waals surface area contributed by atoms with E-state index in [1.54, 1.807) is 13.0 Å². The highest BCUT2D eigenvalue weighted by molar-refractivity contribution is 6.30. The second-order valence-electron chi connectivity index (χ2n) is 3.91. The van der Waals surface area contributed by atoms with E-state index in [-0.39, 0.29) is 17.1 Å². The van der Waals surface area contributed by atoms with E-state index in [0.29, 0.717) is 5.56 Å². The molecule has 0 saturated heterocycles. The molecule has 4 nitrogen and oxygen atoms in total. The van der Waals surface area contributed by atoms with Crippen molar-refractivity contribution < 1.29 is 4.39 Å². The number of aromatic amines is 1. The minimum atomic E-state index is -0.579. The zero-order chi connectivity index (χ0) is 13.3. The summed E-state index contributed by atoms with van der Waals surface area (Å²) < 4.78 is 14.9. The molecule has 1 aromatic carbocycles. The van der Waals surface area contributed by atoms with Gasteiger partial charge in [-0.2, -0.15) is 0 Å². The van der Waals surface area contributed by atoms with Crippen LogP contribution < -0.4 is 11.2 Å². The van der Waals surface area contributed by atoms with Gasteiger partial charge < -0.3 is 0 Å². The molecule has 0 radical (unpaired) electrons. The molecule has 0 aliphatic rings. The fraction of sp³-hybridized carbons (Fsp3) is 0.167. The number of hydrogen-bond donors (Lipinski definition) is 1. The molecule has 2 rings (SSSR count). The molecular formula is C12H10ClFN2O2. The fourth-order valence-corrected chi connectivity index (χ4v) is 1.78. The molecule has 18 heavy (non-hydrogen) atoms. The normalized spacial score (nSPS) is 10.6. The Morgan fingerprint density at radius 1 is 1.39 bits per heavy atom. The van der Waals surface area contributed by atoms with Gasteiger partial charge in [0.2, 0.25) is 0 Å². The molecule has 1 heterocycles. The molecule has 94 valence electrons. The number of hydrogen-bond acceptors (Lipinski definition) is 2. The topological polar surface area (TPSA) is 54.9 Å². The zero-order valence-electron chi connectivity index (χ0n) is 9.54. The third-order valence-corrected chi connectivity index (χ3v) is 2.85. The fourth-order valence-electron chi connectivity index (χ4n) is 1.59. The summed E-state index contributed by atoms with van der Waals surface area (Å²) in [6.45, 7) is 1.59. The van der Waals surface area contributed by atoms with Crippen molar-refractivity contribution in [2.45, 2.75) is 13.5 Å². The highest BCUT2D eigenvalue weighted by Crippen LogP contribution is 2.18. The number of aromatic nitrogens is 2. The Morgan fingerprint density at radius 2 is 2.11 bits per heavy atom. The van der Waals surface area contributed by atoms with Crippen LogP contribution in [-0.4, -0.2) is 9.55 Å². The third-order valence-electron chi connectivity index (χ3n) is 2.56. The number of aryl methyl sites for hydroxylation is 1. The average Bonchev–Trinajstić information content (AvgIpc) is 2.32. The molecule has 0 saturated carbocycles. The molecule has 0 unspecified atom stereocenters. The summed E-state index contributed by atoms with van der Waals surface area (Å²) in [6.07, 6.45) is 1.39. The van der Waals surface area contributed by atoms with Crippen LogP contribution in [-0.2, 0) is 6.54 Å². The molecule has 2 aromatic rings. The van der Waals surface area contributed by atoms with Crippen molar-refractivity contribution in [1.29, 1.82) is 0 Å². The Balaban J connectivity index is 2.47. The molecule has 0 aliphatic carbocycles. The second kappa shape index (κ2) is 4.78. The maximum absolute atomic E-state index is 13.7. The van der Waals surface area contributed by atoms with Gasteiger partial charge in [-0.05, 0) is 13.0 Å². The predicted octanol–water partition coefficient (Wildman–Crippen LogP) is 1.69. The van der Waals surface area contributed by atoms with Crippen molar-refractivity contribution in [3.05, 3.63) is 67.2 Å². The quantitative estimate of drug-likeness (QED) is 0.901. The third kappa shape index (κ3) is 2.36. The lowest BCUT2D eigenvalue weighted by molar-refractivity contribution is 0.592. The minimum Gasteiger partial charge on any atom is -0.296 e. The summed E-state index contributed by atoms with van der Waals surface area (Å²) in [6, 6.07) is 4.57. The van der Waals surface area contributed by atoms with Gasteiger partial charge in [-0.3, -0.25) is 14.3 Å². The molecule has 6 heteroatoms. The molecule has 0 amide bonds. The smallest absolute Gasteiger partial charge is 0.296 e. The van der Waals surface area contributed by atoms with Crippen molar-refractivity contribution in [3.8, 4) is 0 Å². The molecule has 0 fully saturated rings. The summed E-state index contributed by atoms with van der Waals surface area (Å²) >= 11 is 5.66. The van der Waals surface area contributed by atoms with Crippen LogP contribution in [0.5, 0.6) is 0 Å². The number of rotatable bonds is 2. The summed E-state index contributed by atoms with van der Waals surface area (Å²) in [5.41, 5.74) is -0.346. The summed E-state index contributed by atoms with van der Waals surface area (Å²) in [7, 11) is 0. The first-order valence-electron chi connectivity index (χ1n) is 5.22. The Morgan fingerprint density at radius 3 is 2.83 bits per heavy atom. The van der Waals surface area contributed by atoms with Crippen molar-refractivity contribution >= 4 is 11.6 Å². The zero-order valence-corrected chi connectivity index (χ0v) is 10.3. The Bertz CT molecular complexity index is 706. The van der Waals surface area contributed by atoms with Gasteiger partial charge in [0.25, 0.3) is 5.56 Å². The lowest BCUT2D eigenvalue weighted by Crippen LogP contribution is -2.31. The maximum Gasteiger partial charge on any atom is 0.328 e. The van der Waals surface area contributed by atoms with E-state index in [1.807, 2.05) is 0 Å². The van der Waals surface area contributed by atoms with E-state index in [2.05, 4.69) is 4.98 Å². The van der Waals surface area contributed by atoms with Crippen molar-refractivity contribution in [2.75, 3.05) is 0 Å². The molecule has 1 aromatic heterocycles. The van der Waals surface area contributed by atoms with Gasteiger partial charge in [0.1, 0.15) is 5.82 Å². The summed E-state index contributed by atoms with van der Waals surface area (Å²) in [5, 5.41) is 0.00157. The summed E-state index contributed by atoms with van der Waals surface area (Å²) in [5.74, 6) is -0.560. The van der Waals surface area contributed by atoms with Gasteiger partial charge in [0.15, 0.2) is 0 Å². The van der Waals surface area contributed by atoms with E-state index in [9.17, 15) is 14.0 Å². The van der Waals surface area contributed by atoms with E-state index >= 15 is 0 Å². The standard InChI is InChI=1S/C12H10ClFN2O2/c1-7-5-16(12(18)15-11(7)17)6-8-3-2-4-9(13)10(8)14/h2-5H,6H2,1H3,(H,15,17,18). The SMILES string of the molecule is Cc1cn(Cc2cccc(Cl)c2F)c(=O)[nH]c1=O. The number of nitrogens with one attached hydrogen (secondary N) is 1. The largest absolute Gasteiger partial charge is 0.328 e. The maximum atomic E-state index is 13.7. The Kier molecular flexibility index (Phi) is 3.34. The van der Waals surface area contributed by atoms with Gasteiger partial charge >= 0.3 is 5.69 Å². The van der Waals surface area contributed by atoms with Crippen molar-refractivity contribution in [2.24, 2.45) is 0 Å². The molecule has 0 atom stereocenters. The van der Waals surface area contributed by atoms with Crippen LogP contribution in [0, 0.1) is 12.7 Å². The first kappa shape index (κ1) is 12.6. The Labute approximate surface area is 107 Å². The van der Waals surface area contributed by atoms with E-state index in [0.717, 1.165) is 0 Å². The van der Waals surface area contributed by atoms with E-state index < -0.39 is 17.1 Å². The first-order chi connectivity index (χ1) is 8.49. The van der Waals surface area contributed by atoms with Gasteiger partial charge in [-0.25, -0.2) is 9.18 Å². The Hall–Kier alpha value is -1.88. The van der Waals surface area contributed by atoms with Crippen LogP contribution in [0.15, 0.2) is 34.0 Å². The van der Waals surface area contributed by atoms with Gasteiger partial charge in [0, 0.05) is 17.3 Å². The van der Waals surface area contributed by atoms with Gasteiger partial charge in [-0.1, -0.05) is 23.7 Å². The highest BCUT2D eigenvalue weighted by atomic mass is 35.5. The average molecular weight is 269 g/mol. The predicted molar refractivity (Wildman–Crippen MR) is 66.6 cm³/mol. The minimum absolute atomic E-state index is 0.00157. The monoisotopic (exact) mass is 268 g/mol. The molecule has 0 aliphatic heterocycles.